The highest BCUT2D eigenvalue weighted by atomic mass is 35.5. The molecule has 0 saturated heterocycles. The van der Waals surface area contributed by atoms with Gasteiger partial charge in [-0.1, -0.05) is 11.6 Å². The van der Waals surface area contributed by atoms with Crippen LogP contribution in [-0.2, 0) is 10.5 Å². The van der Waals surface area contributed by atoms with Crippen LogP contribution in [-0.4, -0.2) is 24.4 Å². The van der Waals surface area contributed by atoms with Crippen molar-refractivity contribution in [1.29, 1.82) is 0 Å². The Kier molecular flexibility index (Phi) is 5.88. The topological polar surface area (TPSA) is 47.6 Å². The third-order valence-corrected chi connectivity index (χ3v) is 5.21. The molecule has 4 nitrogen and oxygen atoms in total. The molecule has 1 unspecified atom stereocenters. The van der Waals surface area contributed by atoms with Crippen LogP contribution in [0.1, 0.15) is 12.5 Å². The van der Waals surface area contributed by atoms with Crippen LogP contribution >= 0.6 is 23.4 Å². The van der Waals surface area contributed by atoms with Gasteiger partial charge in [-0.2, -0.15) is 0 Å². The smallest absolute Gasteiger partial charge is 0.237 e. The van der Waals surface area contributed by atoms with Gasteiger partial charge in [0.15, 0.2) is 11.5 Å². The summed E-state index contributed by atoms with van der Waals surface area (Å²) in [7, 11) is 0. The zero-order valence-corrected chi connectivity index (χ0v) is 15.4. The van der Waals surface area contributed by atoms with E-state index in [0.29, 0.717) is 35.5 Å². The molecule has 1 aliphatic heterocycles. The number of nitrogens with one attached hydrogen (secondary N) is 1. The van der Waals surface area contributed by atoms with Crippen molar-refractivity contribution in [3.8, 4) is 11.5 Å². The maximum absolute atomic E-state index is 13.6. The molecule has 3 rings (SSSR count). The third kappa shape index (κ3) is 4.40. The average molecular weight is 400 g/mol. The van der Waals surface area contributed by atoms with Gasteiger partial charge in [0, 0.05) is 11.8 Å². The summed E-state index contributed by atoms with van der Waals surface area (Å²) in [6, 6.07) is 6.61. The summed E-state index contributed by atoms with van der Waals surface area (Å²) in [6.45, 7) is 2.63. The van der Waals surface area contributed by atoms with E-state index >= 15 is 0 Å². The largest absolute Gasteiger partial charge is 0.486 e. The summed E-state index contributed by atoms with van der Waals surface area (Å²) in [5.74, 6) is -0.248. The number of rotatable bonds is 5. The van der Waals surface area contributed by atoms with E-state index in [4.69, 9.17) is 21.1 Å². The normalized spacial score (nSPS) is 14.0. The van der Waals surface area contributed by atoms with Crippen molar-refractivity contribution >= 4 is 35.0 Å². The molecule has 138 valence electrons. The predicted octanol–water partition coefficient (Wildman–Crippen LogP) is 4.65. The number of ether oxygens (including phenoxy) is 2. The maximum atomic E-state index is 13.6. The molecule has 1 heterocycles. The molecule has 0 bridgehead atoms. The molecule has 0 aromatic heterocycles. The van der Waals surface area contributed by atoms with Crippen LogP contribution in [0, 0.1) is 11.6 Å². The molecule has 0 saturated carbocycles. The van der Waals surface area contributed by atoms with E-state index in [1.807, 2.05) is 6.07 Å². The molecule has 0 fully saturated rings. The first kappa shape index (κ1) is 18.8. The van der Waals surface area contributed by atoms with Crippen LogP contribution in [0.15, 0.2) is 30.3 Å². The Morgan fingerprint density at radius 2 is 2.04 bits per heavy atom. The zero-order chi connectivity index (χ0) is 18.7. The van der Waals surface area contributed by atoms with Crippen LogP contribution in [0.5, 0.6) is 11.5 Å². The Morgan fingerprint density at radius 3 is 2.81 bits per heavy atom. The summed E-state index contributed by atoms with van der Waals surface area (Å²) in [6.07, 6.45) is 0. The molecule has 0 radical (unpaired) electrons. The lowest BCUT2D eigenvalue weighted by Crippen LogP contribution is -2.23. The predicted molar refractivity (Wildman–Crippen MR) is 98.2 cm³/mol. The second-order valence-electron chi connectivity index (χ2n) is 5.67. The molecule has 1 aliphatic rings. The molecule has 8 heteroatoms. The van der Waals surface area contributed by atoms with Crippen molar-refractivity contribution in [2.24, 2.45) is 0 Å². The van der Waals surface area contributed by atoms with Gasteiger partial charge in [0.2, 0.25) is 5.91 Å². The highest BCUT2D eigenvalue weighted by Gasteiger charge is 2.19. The van der Waals surface area contributed by atoms with Gasteiger partial charge >= 0.3 is 0 Å². The highest BCUT2D eigenvalue weighted by molar-refractivity contribution is 7.99. The fourth-order valence-electron chi connectivity index (χ4n) is 2.37. The Balaban J connectivity index is 1.60. The van der Waals surface area contributed by atoms with Crippen molar-refractivity contribution in [1.82, 2.24) is 0 Å². The molecule has 2 aromatic rings. The quantitative estimate of drug-likeness (QED) is 0.795. The van der Waals surface area contributed by atoms with Crippen LogP contribution in [0.4, 0.5) is 14.5 Å². The number of benzene rings is 2. The van der Waals surface area contributed by atoms with Gasteiger partial charge in [-0.25, -0.2) is 8.78 Å². The van der Waals surface area contributed by atoms with E-state index in [1.165, 1.54) is 17.8 Å². The minimum absolute atomic E-state index is 0.0498. The second-order valence-corrected chi connectivity index (χ2v) is 7.40. The maximum Gasteiger partial charge on any atom is 0.237 e. The van der Waals surface area contributed by atoms with E-state index in [2.05, 4.69) is 5.32 Å². The molecule has 2 aromatic carbocycles. The molecule has 26 heavy (non-hydrogen) atoms. The van der Waals surface area contributed by atoms with Crippen molar-refractivity contribution in [3.63, 3.8) is 0 Å². The second kappa shape index (κ2) is 8.14. The molecule has 1 amide bonds. The number of hydrogen-bond acceptors (Lipinski definition) is 4. The van der Waals surface area contributed by atoms with Gasteiger partial charge in [-0.15, -0.1) is 11.8 Å². The minimum atomic E-state index is -0.811. The first-order chi connectivity index (χ1) is 12.4. The van der Waals surface area contributed by atoms with Crippen molar-refractivity contribution in [2.75, 3.05) is 18.5 Å². The highest BCUT2D eigenvalue weighted by Crippen LogP contribution is 2.39. The van der Waals surface area contributed by atoms with E-state index in [0.717, 1.165) is 17.7 Å². The van der Waals surface area contributed by atoms with E-state index in [1.54, 1.807) is 13.0 Å². The zero-order valence-electron chi connectivity index (χ0n) is 13.9. The van der Waals surface area contributed by atoms with Crippen molar-refractivity contribution in [2.45, 2.75) is 17.9 Å². The SMILES string of the molecule is CC(SCc1cc(Cl)c2c(c1)OCCO2)C(=O)Nc1ccc(F)cc1F. The third-order valence-electron chi connectivity index (χ3n) is 3.71. The molecular weight excluding hydrogens is 384 g/mol. The van der Waals surface area contributed by atoms with Gasteiger partial charge in [-0.05, 0) is 36.8 Å². The van der Waals surface area contributed by atoms with Gasteiger partial charge < -0.3 is 14.8 Å². The van der Waals surface area contributed by atoms with Crippen LogP contribution < -0.4 is 14.8 Å². The summed E-state index contributed by atoms with van der Waals surface area (Å²) in [5, 5.41) is 2.47. The van der Waals surface area contributed by atoms with Crippen LogP contribution in [0.2, 0.25) is 5.02 Å². The summed E-state index contributed by atoms with van der Waals surface area (Å²) in [5.41, 5.74) is 0.836. The number of carbonyl (C=O) groups excluding carboxylic acids is 1. The van der Waals surface area contributed by atoms with E-state index in [9.17, 15) is 13.6 Å². The van der Waals surface area contributed by atoms with E-state index in [-0.39, 0.29) is 11.6 Å². The number of carbonyl (C=O) groups is 1. The number of hydrogen-bond donors (Lipinski definition) is 1. The number of halogens is 3. The number of thioether (sulfide) groups is 1. The Morgan fingerprint density at radius 1 is 1.27 bits per heavy atom. The number of fused-ring (bicyclic) bond motifs is 1. The Bertz CT molecular complexity index is 834. The van der Waals surface area contributed by atoms with Gasteiger partial charge in [-0.3, -0.25) is 4.79 Å². The van der Waals surface area contributed by atoms with Gasteiger partial charge in [0.1, 0.15) is 24.8 Å². The van der Waals surface area contributed by atoms with Crippen molar-refractivity contribution in [3.05, 3.63) is 52.6 Å². The number of anilines is 1. The van der Waals surface area contributed by atoms with Crippen LogP contribution in [0.25, 0.3) is 0 Å². The first-order valence-corrected chi connectivity index (χ1v) is 9.32. The lowest BCUT2D eigenvalue weighted by atomic mass is 10.2. The molecule has 1 atom stereocenters. The van der Waals surface area contributed by atoms with Gasteiger partial charge in [0.25, 0.3) is 0 Å². The summed E-state index contributed by atoms with van der Waals surface area (Å²) < 4.78 is 37.5. The fourth-order valence-corrected chi connectivity index (χ4v) is 3.48. The molecular formula is C18H16ClF2NO3S. The fraction of sp³-hybridized carbons (Fsp3) is 0.278. The average Bonchev–Trinajstić information content (AvgIpc) is 2.62. The van der Waals surface area contributed by atoms with E-state index < -0.39 is 16.9 Å². The van der Waals surface area contributed by atoms with Crippen LogP contribution in [0.3, 0.4) is 0 Å². The lowest BCUT2D eigenvalue weighted by molar-refractivity contribution is -0.115. The van der Waals surface area contributed by atoms with Gasteiger partial charge in [0.05, 0.1) is 16.0 Å². The molecule has 0 spiro atoms. The Labute approximate surface area is 158 Å². The molecule has 1 N–H and O–H groups in total. The molecule has 0 aliphatic carbocycles. The lowest BCUT2D eigenvalue weighted by Gasteiger charge is -2.20. The summed E-state index contributed by atoms with van der Waals surface area (Å²) in [4.78, 5) is 12.2. The standard InChI is InChI=1S/C18H16ClF2NO3S/c1-10(18(23)22-15-3-2-12(20)8-14(15)21)26-9-11-6-13(19)17-16(7-11)24-4-5-25-17/h2-3,6-8,10H,4-5,9H2,1H3,(H,22,23). The van der Waals surface area contributed by atoms with Crippen molar-refractivity contribution < 1.29 is 23.0 Å². The Hall–Kier alpha value is -1.99. The monoisotopic (exact) mass is 399 g/mol. The number of amides is 1. The first-order valence-electron chi connectivity index (χ1n) is 7.89. The minimum Gasteiger partial charge on any atom is -0.486 e. The summed E-state index contributed by atoms with van der Waals surface area (Å²) >= 11 is 7.56.